The first kappa shape index (κ1) is 16.4. The largest absolute Gasteiger partial charge is 0.481 e. The molecule has 1 fully saturated rings. The summed E-state index contributed by atoms with van der Waals surface area (Å²) >= 11 is 0. The van der Waals surface area contributed by atoms with E-state index in [1.165, 1.54) is 11.1 Å². The van der Waals surface area contributed by atoms with Crippen molar-refractivity contribution >= 4 is 16.4 Å². The molecular weight excluding hydrogens is 320 g/mol. The van der Waals surface area contributed by atoms with Crippen LogP contribution in [0.1, 0.15) is 48.8 Å². The maximum atomic E-state index is 11.1. The summed E-state index contributed by atoms with van der Waals surface area (Å²) in [5.41, 5.74) is 3.14. The maximum Gasteiger partial charge on any atom is 0.397 e. The van der Waals surface area contributed by atoms with Crippen LogP contribution in [0.4, 0.5) is 0 Å². The predicted octanol–water partition coefficient (Wildman–Crippen LogP) is 2.46. The summed E-state index contributed by atoms with van der Waals surface area (Å²) < 4.78 is 34.6. The van der Waals surface area contributed by atoms with Gasteiger partial charge in [0.1, 0.15) is 0 Å². The fourth-order valence-corrected chi connectivity index (χ4v) is 4.30. The number of rotatable bonds is 4. The molecule has 2 N–H and O–H groups in total. The third kappa shape index (κ3) is 3.41. The van der Waals surface area contributed by atoms with Gasteiger partial charge in [0.25, 0.3) is 0 Å². The van der Waals surface area contributed by atoms with Crippen molar-refractivity contribution in [3.05, 3.63) is 34.9 Å². The van der Waals surface area contributed by atoms with E-state index in [0.29, 0.717) is 18.4 Å². The van der Waals surface area contributed by atoms with Crippen molar-refractivity contribution in [1.82, 2.24) is 0 Å². The van der Waals surface area contributed by atoms with E-state index >= 15 is 0 Å². The van der Waals surface area contributed by atoms with Crippen molar-refractivity contribution < 1.29 is 27.1 Å². The van der Waals surface area contributed by atoms with Crippen molar-refractivity contribution in [3.8, 4) is 0 Å². The fraction of sp³-hybridized carbons (Fsp3) is 0.562. The number of fused-ring (bicyclic) bond motifs is 2. The second-order valence-electron chi connectivity index (χ2n) is 6.57. The smallest absolute Gasteiger partial charge is 0.397 e. The van der Waals surface area contributed by atoms with Crippen LogP contribution in [0.2, 0.25) is 0 Å². The van der Waals surface area contributed by atoms with Crippen molar-refractivity contribution in [2.24, 2.45) is 5.92 Å². The van der Waals surface area contributed by atoms with Gasteiger partial charge in [-0.1, -0.05) is 18.2 Å². The van der Waals surface area contributed by atoms with E-state index in [0.717, 1.165) is 25.7 Å². The minimum Gasteiger partial charge on any atom is -0.481 e. The summed E-state index contributed by atoms with van der Waals surface area (Å²) in [6.45, 7) is -0.194. The number of benzene rings is 1. The van der Waals surface area contributed by atoms with Crippen LogP contribution < -0.4 is 0 Å². The molecule has 0 saturated heterocycles. The van der Waals surface area contributed by atoms with Gasteiger partial charge >= 0.3 is 16.4 Å². The molecule has 0 unspecified atom stereocenters. The molecule has 0 heterocycles. The Bertz CT molecular complexity index is 716. The average Bonchev–Trinajstić information content (AvgIpc) is 2.83. The molecule has 1 saturated carbocycles. The van der Waals surface area contributed by atoms with Gasteiger partial charge in [0, 0.05) is 0 Å². The normalized spacial score (nSPS) is 27.1. The molecule has 0 bridgehead atoms. The Labute approximate surface area is 135 Å². The van der Waals surface area contributed by atoms with E-state index < -0.39 is 16.4 Å². The predicted molar refractivity (Wildman–Crippen MR) is 82.4 cm³/mol. The van der Waals surface area contributed by atoms with Crippen molar-refractivity contribution in [2.75, 3.05) is 0 Å². The number of aryl methyl sites for hydroxylation is 1. The highest BCUT2D eigenvalue weighted by Crippen LogP contribution is 2.50. The summed E-state index contributed by atoms with van der Waals surface area (Å²) in [4.78, 5) is 11.1. The third-order valence-corrected chi connectivity index (χ3v) is 5.70. The quantitative estimate of drug-likeness (QED) is 0.817. The van der Waals surface area contributed by atoms with Crippen molar-refractivity contribution in [3.63, 3.8) is 0 Å². The summed E-state index contributed by atoms with van der Waals surface area (Å²) in [6.07, 6.45) is 5.03. The van der Waals surface area contributed by atoms with Gasteiger partial charge in [-0.2, -0.15) is 8.42 Å². The van der Waals surface area contributed by atoms with Gasteiger partial charge < -0.3 is 5.11 Å². The second kappa shape index (κ2) is 5.89. The molecule has 7 heteroatoms. The summed E-state index contributed by atoms with van der Waals surface area (Å²) in [5.74, 6) is -0.968. The molecule has 1 aromatic carbocycles. The molecule has 2 aliphatic rings. The van der Waals surface area contributed by atoms with Crippen molar-refractivity contribution in [1.29, 1.82) is 0 Å². The van der Waals surface area contributed by atoms with Gasteiger partial charge in [-0.3, -0.25) is 9.35 Å². The Balaban J connectivity index is 1.80. The van der Waals surface area contributed by atoms with Gasteiger partial charge in [-0.05, 0) is 60.6 Å². The molecule has 0 amide bonds. The molecule has 1 spiro atoms. The first-order valence-electron chi connectivity index (χ1n) is 7.76. The SMILES string of the molecule is O=C(O)C1CCC2(CCc3ccc(COS(=O)(=O)O)cc32)CC1. The number of carboxylic acids is 1. The summed E-state index contributed by atoms with van der Waals surface area (Å²) in [6, 6.07) is 5.75. The van der Waals surface area contributed by atoms with E-state index in [9.17, 15) is 13.2 Å². The van der Waals surface area contributed by atoms with Crippen molar-refractivity contribution in [2.45, 2.75) is 50.5 Å². The Kier molecular flexibility index (Phi) is 4.20. The van der Waals surface area contributed by atoms with Crippen LogP contribution in [0.25, 0.3) is 0 Å². The number of aliphatic carboxylic acids is 1. The second-order valence-corrected chi connectivity index (χ2v) is 7.67. The van der Waals surface area contributed by atoms with Crippen LogP contribution in [0.3, 0.4) is 0 Å². The Morgan fingerprint density at radius 1 is 1.26 bits per heavy atom. The summed E-state index contributed by atoms with van der Waals surface area (Å²) in [5, 5.41) is 9.16. The lowest BCUT2D eigenvalue weighted by Crippen LogP contribution is -2.32. The van der Waals surface area contributed by atoms with E-state index in [1.807, 2.05) is 18.2 Å². The zero-order valence-electron chi connectivity index (χ0n) is 12.7. The molecule has 1 aromatic rings. The van der Waals surface area contributed by atoms with Crippen LogP contribution in [-0.4, -0.2) is 24.0 Å². The number of carbonyl (C=O) groups is 1. The molecule has 23 heavy (non-hydrogen) atoms. The molecule has 0 aliphatic heterocycles. The number of carboxylic acid groups (broad SMARTS) is 1. The number of hydrogen-bond acceptors (Lipinski definition) is 4. The molecular formula is C16H20O6S. The van der Waals surface area contributed by atoms with Gasteiger partial charge in [0.05, 0.1) is 12.5 Å². The molecule has 0 atom stereocenters. The first-order valence-corrected chi connectivity index (χ1v) is 9.13. The lowest BCUT2D eigenvalue weighted by Gasteiger charge is -2.37. The summed E-state index contributed by atoms with van der Waals surface area (Å²) in [7, 11) is -4.45. The van der Waals surface area contributed by atoms with E-state index in [2.05, 4.69) is 4.18 Å². The zero-order valence-corrected chi connectivity index (χ0v) is 13.5. The Hall–Kier alpha value is -1.44. The molecule has 3 rings (SSSR count). The van der Waals surface area contributed by atoms with Gasteiger partial charge in [-0.25, -0.2) is 4.18 Å². The van der Waals surface area contributed by atoms with E-state index in [1.54, 1.807) is 0 Å². The minimum atomic E-state index is -4.45. The van der Waals surface area contributed by atoms with Crippen LogP contribution in [-0.2, 0) is 37.8 Å². The Morgan fingerprint density at radius 2 is 1.96 bits per heavy atom. The minimum absolute atomic E-state index is 0.00931. The lowest BCUT2D eigenvalue weighted by molar-refractivity contribution is -0.143. The van der Waals surface area contributed by atoms with Crippen LogP contribution in [0.5, 0.6) is 0 Å². The highest BCUT2D eigenvalue weighted by molar-refractivity contribution is 7.80. The van der Waals surface area contributed by atoms with Gasteiger partial charge in [-0.15, -0.1) is 0 Å². The number of hydrogen-bond donors (Lipinski definition) is 2. The van der Waals surface area contributed by atoms with Gasteiger partial charge in [0.2, 0.25) is 0 Å². The lowest BCUT2D eigenvalue weighted by atomic mass is 9.67. The third-order valence-electron chi connectivity index (χ3n) is 5.28. The highest BCUT2D eigenvalue weighted by atomic mass is 32.3. The van der Waals surface area contributed by atoms with Gasteiger partial charge in [0.15, 0.2) is 0 Å². The molecule has 0 aromatic heterocycles. The van der Waals surface area contributed by atoms with Crippen LogP contribution in [0, 0.1) is 5.92 Å². The molecule has 2 aliphatic carbocycles. The topological polar surface area (TPSA) is 101 Å². The Morgan fingerprint density at radius 3 is 2.57 bits per heavy atom. The fourth-order valence-electron chi connectivity index (χ4n) is 4.01. The van der Waals surface area contributed by atoms with E-state index in [-0.39, 0.29) is 17.9 Å². The average molecular weight is 340 g/mol. The monoisotopic (exact) mass is 340 g/mol. The standard InChI is InChI=1S/C16H20O6S/c17-15(18)13-4-7-16(8-5-13)6-3-12-2-1-11(9-14(12)16)10-22-23(19,20)21/h1-2,9,13H,3-8,10H2,(H,17,18)(H,19,20,21). The van der Waals surface area contributed by atoms with E-state index in [4.69, 9.17) is 9.66 Å². The maximum absolute atomic E-state index is 11.1. The first-order chi connectivity index (χ1) is 10.8. The zero-order chi connectivity index (χ0) is 16.7. The molecule has 0 radical (unpaired) electrons. The molecule has 126 valence electrons. The van der Waals surface area contributed by atoms with Crippen LogP contribution >= 0.6 is 0 Å². The molecule has 6 nitrogen and oxygen atoms in total. The highest BCUT2D eigenvalue weighted by Gasteiger charge is 2.42. The van der Waals surface area contributed by atoms with Crippen LogP contribution in [0.15, 0.2) is 18.2 Å².